The molecule has 1 unspecified atom stereocenters. The predicted molar refractivity (Wildman–Crippen MR) is 121 cm³/mol. The van der Waals surface area contributed by atoms with Gasteiger partial charge in [0, 0.05) is 11.6 Å². The second-order valence-corrected chi connectivity index (χ2v) is 8.06. The van der Waals surface area contributed by atoms with Crippen molar-refractivity contribution < 1.29 is 23.4 Å². The van der Waals surface area contributed by atoms with Gasteiger partial charge in [-0.3, -0.25) is 0 Å². The van der Waals surface area contributed by atoms with Crippen LogP contribution < -0.4 is 19.9 Å². The molecule has 1 aliphatic heterocycles. The molecule has 4 rings (SSSR count). The second kappa shape index (κ2) is 9.13. The van der Waals surface area contributed by atoms with Gasteiger partial charge < -0.3 is 24.4 Å². The smallest absolute Gasteiger partial charge is 0.349 e. The normalized spacial score (nSPS) is 14.9. The molecule has 0 saturated carbocycles. The highest BCUT2D eigenvalue weighted by Gasteiger charge is 2.33. The number of esters is 1. The van der Waals surface area contributed by atoms with E-state index in [0.29, 0.717) is 28.7 Å². The zero-order valence-corrected chi connectivity index (χ0v) is 18.6. The minimum Gasteiger partial charge on any atom is -0.482 e. The number of fused-ring (bicyclic) bond motifs is 1. The number of carbonyl (C=O) groups excluding carboxylic acids is 1. The molecule has 7 nitrogen and oxygen atoms in total. The van der Waals surface area contributed by atoms with Crippen LogP contribution in [-0.2, 0) is 4.79 Å². The Morgan fingerprint density at radius 1 is 1.12 bits per heavy atom. The van der Waals surface area contributed by atoms with Gasteiger partial charge in [-0.25, -0.2) is 4.79 Å². The van der Waals surface area contributed by atoms with Crippen LogP contribution in [0.5, 0.6) is 17.2 Å². The first-order chi connectivity index (χ1) is 15.9. The maximum Gasteiger partial charge on any atom is 0.349 e. The van der Waals surface area contributed by atoms with Gasteiger partial charge >= 0.3 is 5.97 Å². The summed E-state index contributed by atoms with van der Waals surface area (Å²) in [5, 5.41) is 9.60. The molecule has 0 spiro atoms. The highest BCUT2D eigenvalue weighted by Crippen LogP contribution is 2.43. The van der Waals surface area contributed by atoms with E-state index >= 15 is 0 Å². The van der Waals surface area contributed by atoms with Crippen molar-refractivity contribution in [2.75, 3.05) is 6.61 Å². The first kappa shape index (κ1) is 22.0. The van der Waals surface area contributed by atoms with Crippen LogP contribution in [0.2, 0.25) is 0 Å². The van der Waals surface area contributed by atoms with Crippen LogP contribution in [0.4, 0.5) is 0 Å². The van der Waals surface area contributed by atoms with E-state index in [4.69, 9.17) is 24.4 Å². The van der Waals surface area contributed by atoms with Crippen LogP contribution in [0.15, 0.2) is 70.5 Å². The molecule has 2 N–H and O–H groups in total. The lowest BCUT2D eigenvalue weighted by atomic mass is 9.87. The maximum absolute atomic E-state index is 12.3. The van der Waals surface area contributed by atoms with Gasteiger partial charge in [0.1, 0.15) is 40.4 Å². The lowest BCUT2D eigenvalue weighted by molar-refractivity contribution is -0.136. The number of hydrogen-bond acceptors (Lipinski definition) is 7. The summed E-state index contributed by atoms with van der Waals surface area (Å²) < 4.78 is 22.3. The van der Waals surface area contributed by atoms with E-state index in [2.05, 4.69) is 19.9 Å². The summed E-state index contributed by atoms with van der Waals surface area (Å²) in [5.74, 6) is 1.90. The molecule has 0 saturated heterocycles. The number of nitrogens with two attached hydrogens (primary N) is 1. The van der Waals surface area contributed by atoms with E-state index in [1.807, 2.05) is 37.3 Å². The van der Waals surface area contributed by atoms with Crippen molar-refractivity contribution in [3.05, 3.63) is 88.7 Å². The van der Waals surface area contributed by atoms with Gasteiger partial charge in [0.2, 0.25) is 5.88 Å². The number of hydrogen-bond donors (Lipinski definition) is 1. The van der Waals surface area contributed by atoms with E-state index in [0.717, 1.165) is 5.76 Å². The van der Waals surface area contributed by atoms with Crippen molar-refractivity contribution in [1.29, 1.82) is 5.26 Å². The third-order valence-electron chi connectivity index (χ3n) is 5.37. The average Bonchev–Trinajstić information content (AvgIpc) is 3.22. The number of rotatable bonds is 6. The molecule has 2 aromatic carbocycles. The first-order valence-corrected chi connectivity index (χ1v) is 10.6. The highest BCUT2D eigenvalue weighted by atomic mass is 16.6. The molecule has 0 fully saturated rings. The average molecular weight is 444 g/mol. The van der Waals surface area contributed by atoms with Gasteiger partial charge in [-0.2, -0.15) is 5.26 Å². The summed E-state index contributed by atoms with van der Waals surface area (Å²) in [6.45, 7) is 5.80. The Morgan fingerprint density at radius 2 is 1.85 bits per heavy atom. The molecule has 33 heavy (non-hydrogen) atoms. The Labute approximate surface area is 192 Å². The van der Waals surface area contributed by atoms with E-state index in [9.17, 15) is 10.1 Å². The SMILES string of the molecule is Cc1ccc(C2C(C#N)=C(N)Oc3cc(OC(=O)COc4ccc(C(C)C)cc4)ccc32)o1. The van der Waals surface area contributed by atoms with Gasteiger partial charge in [-0.1, -0.05) is 32.0 Å². The highest BCUT2D eigenvalue weighted by molar-refractivity contribution is 5.74. The van der Waals surface area contributed by atoms with Crippen LogP contribution in [0, 0.1) is 18.3 Å². The number of nitriles is 1. The summed E-state index contributed by atoms with van der Waals surface area (Å²) in [4.78, 5) is 12.3. The Hall–Kier alpha value is -4.18. The molecule has 2 heterocycles. The van der Waals surface area contributed by atoms with Crippen molar-refractivity contribution >= 4 is 5.97 Å². The fraction of sp³-hybridized carbons (Fsp3) is 0.231. The zero-order valence-electron chi connectivity index (χ0n) is 18.6. The maximum atomic E-state index is 12.3. The van der Waals surface area contributed by atoms with E-state index in [1.54, 1.807) is 24.3 Å². The molecule has 0 radical (unpaired) electrons. The van der Waals surface area contributed by atoms with Crippen LogP contribution in [0.1, 0.15) is 48.3 Å². The van der Waals surface area contributed by atoms with Crippen LogP contribution in [-0.4, -0.2) is 12.6 Å². The minimum atomic E-state index is -0.557. The second-order valence-electron chi connectivity index (χ2n) is 8.06. The zero-order chi connectivity index (χ0) is 23.5. The number of aryl methyl sites for hydroxylation is 1. The lowest BCUT2D eigenvalue weighted by Crippen LogP contribution is -2.21. The van der Waals surface area contributed by atoms with Crippen molar-refractivity contribution in [3.8, 4) is 23.3 Å². The van der Waals surface area contributed by atoms with Crippen molar-refractivity contribution in [1.82, 2.24) is 0 Å². The largest absolute Gasteiger partial charge is 0.482 e. The third kappa shape index (κ3) is 4.70. The Kier molecular flexibility index (Phi) is 6.09. The topological polar surface area (TPSA) is 108 Å². The monoisotopic (exact) mass is 444 g/mol. The summed E-state index contributed by atoms with van der Waals surface area (Å²) >= 11 is 0. The van der Waals surface area contributed by atoms with E-state index < -0.39 is 11.9 Å². The Balaban J connectivity index is 1.48. The number of allylic oxidation sites excluding steroid dienone is 1. The van der Waals surface area contributed by atoms with E-state index in [-0.39, 0.29) is 23.8 Å². The third-order valence-corrected chi connectivity index (χ3v) is 5.37. The minimum absolute atomic E-state index is 0.0132. The number of benzene rings is 2. The van der Waals surface area contributed by atoms with Crippen LogP contribution >= 0.6 is 0 Å². The first-order valence-electron chi connectivity index (χ1n) is 10.6. The molecule has 1 aromatic heterocycles. The van der Waals surface area contributed by atoms with Gasteiger partial charge in [0.15, 0.2) is 6.61 Å². The quantitative estimate of drug-likeness (QED) is 0.425. The fourth-order valence-corrected chi connectivity index (χ4v) is 3.65. The molecule has 1 atom stereocenters. The molecule has 0 bridgehead atoms. The standard InChI is InChI=1S/C26H24N2O5/c1-15(2)17-5-7-18(8-6-17)30-14-24(29)32-19-9-10-20-23(12-19)33-26(28)21(13-27)25(20)22-11-4-16(3)31-22/h4-12,15,25H,14,28H2,1-3H3. The Bertz CT molecular complexity index is 1250. The predicted octanol–water partition coefficient (Wildman–Crippen LogP) is 4.91. The lowest BCUT2D eigenvalue weighted by Gasteiger charge is -2.25. The number of furan rings is 1. The van der Waals surface area contributed by atoms with Gasteiger partial charge in [-0.15, -0.1) is 0 Å². The summed E-state index contributed by atoms with van der Waals surface area (Å²) in [6.07, 6.45) is 0. The molecule has 0 aliphatic carbocycles. The number of carbonyl (C=O) groups is 1. The summed E-state index contributed by atoms with van der Waals surface area (Å²) in [6, 6.07) is 18.3. The molecule has 0 amide bonds. The van der Waals surface area contributed by atoms with Crippen LogP contribution in [0.25, 0.3) is 0 Å². The van der Waals surface area contributed by atoms with E-state index in [1.165, 1.54) is 5.56 Å². The fourth-order valence-electron chi connectivity index (χ4n) is 3.65. The molecule has 1 aliphatic rings. The molecule has 168 valence electrons. The molecule has 3 aromatic rings. The summed E-state index contributed by atoms with van der Waals surface area (Å²) in [7, 11) is 0. The van der Waals surface area contributed by atoms with Crippen molar-refractivity contribution in [2.24, 2.45) is 5.73 Å². The number of ether oxygens (including phenoxy) is 3. The molecular weight excluding hydrogens is 420 g/mol. The van der Waals surface area contributed by atoms with Crippen LogP contribution in [0.3, 0.4) is 0 Å². The van der Waals surface area contributed by atoms with Crippen molar-refractivity contribution in [2.45, 2.75) is 32.6 Å². The Morgan fingerprint density at radius 3 is 2.48 bits per heavy atom. The summed E-state index contributed by atoms with van der Waals surface area (Å²) in [5.41, 5.74) is 8.14. The molecular formula is C26H24N2O5. The van der Waals surface area contributed by atoms with Gasteiger partial charge in [-0.05, 0) is 48.7 Å². The van der Waals surface area contributed by atoms with Crippen molar-refractivity contribution in [3.63, 3.8) is 0 Å². The molecule has 7 heteroatoms. The number of nitrogens with zero attached hydrogens (tertiary/aromatic N) is 1. The van der Waals surface area contributed by atoms with Gasteiger partial charge in [0.05, 0.1) is 5.92 Å². The van der Waals surface area contributed by atoms with Gasteiger partial charge in [0.25, 0.3) is 0 Å².